The molecule has 0 bridgehead atoms. The molecule has 0 aliphatic rings. The van der Waals surface area contributed by atoms with Crippen LogP contribution in [0.2, 0.25) is 0 Å². The predicted molar refractivity (Wildman–Crippen MR) is 116 cm³/mol. The highest BCUT2D eigenvalue weighted by molar-refractivity contribution is 7.85. The van der Waals surface area contributed by atoms with Crippen molar-refractivity contribution < 1.29 is 17.5 Å². The zero-order chi connectivity index (χ0) is 21.2. The fourth-order valence-corrected chi connectivity index (χ4v) is 5.30. The highest BCUT2D eigenvalue weighted by atomic mass is 32.2. The van der Waals surface area contributed by atoms with Crippen LogP contribution in [0.15, 0.2) is 23.1 Å². The Morgan fingerprint density at radius 2 is 1.39 bits per heavy atom. The summed E-state index contributed by atoms with van der Waals surface area (Å²) >= 11 is 0. The van der Waals surface area contributed by atoms with Gasteiger partial charge in [-0.05, 0) is 37.8 Å². The van der Waals surface area contributed by atoms with E-state index in [9.17, 15) is 13.0 Å². The van der Waals surface area contributed by atoms with Crippen LogP contribution in [0.4, 0.5) is 0 Å². The lowest BCUT2D eigenvalue weighted by Gasteiger charge is -2.47. The summed E-state index contributed by atoms with van der Waals surface area (Å²) in [6.07, 6.45) is 8.62. The SMILES string of the molecule is CCCC[N+](CCCC)(CCCC)C(CCC)c1c(C)cccc1S(=O)(=O)[O-]. The first-order valence-corrected chi connectivity index (χ1v) is 12.6. The summed E-state index contributed by atoms with van der Waals surface area (Å²) in [5.74, 6) is 0. The van der Waals surface area contributed by atoms with Crippen LogP contribution in [-0.2, 0) is 10.1 Å². The molecule has 0 spiro atoms. The Morgan fingerprint density at radius 1 is 0.893 bits per heavy atom. The highest BCUT2D eigenvalue weighted by Crippen LogP contribution is 2.39. The normalized spacial score (nSPS) is 13.6. The van der Waals surface area contributed by atoms with Crippen molar-refractivity contribution in [3.05, 3.63) is 29.3 Å². The van der Waals surface area contributed by atoms with Gasteiger partial charge in [-0.15, -0.1) is 0 Å². The molecule has 28 heavy (non-hydrogen) atoms. The lowest BCUT2D eigenvalue weighted by molar-refractivity contribution is -0.958. The quantitative estimate of drug-likeness (QED) is 0.280. The minimum atomic E-state index is -4.50. The second kappa shape index (κ2) is 11.9. The third-order valence-electron chi connectivity index (χ3n) is 5.98. The summed E-state index contributed by atoms with van der Waals surface area (Å²) in [7, 11) is -4.50. The molecule has 0 amide bonds. The molecule has 0 aliphatic carbocycles. The molecular weight excluding hydrogens is 370 g/mol. The van der Waals surface area contributed by atoms with Crippen LogP contribution in [0, 0.1) is 6.92 Å². The van der Waals surface area contributed by atoms with Gasteiger partial charge in [0.05, 0.1) is 24.5 Å². The van der Waals surface area contributed by atoms with Gasteiger partial charge in [-0.3, -0.25) is 0 Å². The van der Waals surface area contributed by atoms with Gasteiger partial charge >= 0.3 is 0 Å². The van der Waals surface area contributed by atoms with Crippen LogP contribution >= 0.6 is 0 Å². The van der Waals surface area contributed by atoms with Gasteiger partial charge in [0.2, 0.25) is 0 Å². The van der Waals surface area contributed by atoms with E-state index in [-0.39, 0.29) is 10.9 Å². The van der Waals surface area contributed by atoms with E-state index in [0.29, 0.717) is 0 Å². The van der Waals surface area contributed by atoms with Crippen molar-refractivity contribution in [3.63, 3.8) is 0 Å². The molecule has 1 rings (SSSR count). The molecule has 0 saturated carbocycles. The lowest BCUT2D eigenvalue weighted by Crippen LogP contribution is -2.53. The van der Waals surface area contributed by atoms with Gasteiger partial charge in [-0.2, -0.15) is 0 Å². The van der Waals surface area contributed by atoms with Crippen LogP contribution in [0.25, 0.3) is 0 Å². The molecule has 1 aromatic carbocycles. The van der Waals surface area contributed by atoms with Crippen molar-refractivity contribution in [2.24, 2.45) is 0 Å². The van der Waals surface area contributed by atoms with Crippen LogP contribution in [0.5, 0.6) is 0 Å². The fourth-order valence-electron chi connectivity index (χ4n) is 4.49. The van der Waals surface area contributed by atoms with E-state index in [4.69, 9.17) is 0 Å². The number of quaternary nitrogens is 1. The molecule has 0 aromatic heterocycles. The van der Waals surface area contributed by atoms with E-state index < -0.39 is 10.1 Å². The van der Waals surface area contributed by atoms with Crippen molar-refractivity contribution in [1.82, 2.24) is 0 Å². The number of benzene rings is 1. The minimum Gasteiger partial charge on any atom is -0.744 e. The van der Waals surface area contributed by atoms with Gasteiger partial charge in [-0.25, -0.2) is 8.42 Å². The molecular formula is C23H41NO3S. The van der Waals surface area contributed by atoms with E-state index in [1.54, 1.807) is 6.07 Å². The number of unbranched alkanes of at least 4 members (excludes halogenated alkanes) is 3. The van der Waals surface area contributed by atoms with Gasteiger partial charge in [0.1, 0.15) is 16.2 Å². The first-order chi connectivity index (χ1) is 13.3. The third-order valence-corrected chi connectivity index (χ3v) is 6.88. The number of hydrogen-bond acceptors (Lipinski definition) is 3. The first-order valence-electron chi connectivity index (χ1n) is 11.2. The zero-order valence-electron chi connectivity index (χ0n) is 18.7. The fraction of sp³-hybridized carbons (Fsp3) is 0.739. The Balaban J connectivity index is 3.66. The molecule has 0 fully saturated rings. The highest BCUT2D eigenvalue weighted by Gasteiger charge is 2.38. The van der Waals surface area contributed by atoms with Crippen LogP contribution in [-0.4, -0.2) is 37.1 Å². The Hall–Kier alpha value is -0.910. The summed E-state index contributed by atoms with van der Waals surface area (Å²) in [6.45, 7) is 13.9. The number of hydrogen-bond donors (Lipinski definition) is 0. The summed E-state index contributed by atoms with van der Waals surface area (Å²) in [4.78, 5) is -0.00190. The number of rotatable bonds is 14. The van der Waals surface area contributed by atoms with Gasteiger partial charge in [0.15, 0.2) is 0 Å². The summed E-state index contributed by atoms with van der Waals surface area (Å²) < 4.78 is 37.3. The van der Waals surface area contributed by atoms with Gasteiger partial charge in [-0.1, -0.05) is 65.5 Å². The Bertz CT molecular complexity index is 663. The summed E-state index contributed by atoms with van der Waals surface area (Å²) in [5, 5.41) is 0. The maximum Gasteiger partial charge on any atom is 0.124 e. The van der Waals surface area contributed by atoms with Crippen molar-refractivity contribution in [2.75, 3.05) is 19.6 Å². The smallest absolute Gasteiger partial charge is 0.124 e. The van der Waals surface area contributed by atoms with Crippen molar-refractivity contribution >= 4 is 10.1 Å². The zero-order valence-corrected chi connectivity index (χ0v) is 19.5. The molecule has 0 heterocycles. The monoisotopic (exact) mass is 411 g/mol. The molecule has 0 aliphatic heterocycles. The van der Waals surface area contributed by atoms with Crippen LogP contribution in [0.1, 0.15) is 96.2 Å². The van der Waals surface area contributed by atoms with E-state index in [2.05, 4.69) is 27.7 Å². The standard InChI is InChI=1S/C23H41NO3S/c1-6-10-17-24(18-11-7-2,19-12-8-3)21(14-9-4)23-20(5)15-13-16-22(23)28(25,26)27/h13,15-16,21H,6-12,14,17-19H2,1-5H3. The molecule has 4 nitrogen and oxygen atoms in total. The summed E-state index contributed by atoms with van der Waals surface area (Å²) in [6, 6.07) is 5.24. The average molecular weight is 412 g/mol. The summed E-state index contributed by atoms with van der Waals surface area (Å²) in [5.41, 5.74) is 1.71. The average Bonchev–Trinajstić information content (AvgIpc) is 2.65. The molecule has 1 aromatic rings. The molecule has 1 unspecified atom stereocenters. The molecule has 5 heteroatoms. The van der Waals surface area contributed by atoms with E-state index in [1.165, 1.54) is 6.07 Å². The largest absolute Gasteiger partial charge is 0.744 e. The maximum absolute atomic E-state index is 12.1. The maximum atomic E-state index is 12.1. The van der Waals surface area contributed by atoms with Crippen LogP contribution in [0.3, 0.4) is 0 Å². The van der Waals surface area contributed by atoms with E-state index in [0.717, 1.165) is 86.6 Å². The van der Waals surface area contributed by atoms with E-state index in [1.807, 2.05) is 13.0 Å². The van der Waals surface area contributed by atoms with Crippen molar-refractivity contribution in [2.45, 2.75) is 96.9 Å². The first kappa shape index (κ1) is 25.1. The Kier molecular flexibility index (Phi) is 10.7. The van der Waals surface area contributed by atoms with Gasteiger partial charge in [0.25, 0.3) is 0 Å². The molecule has 0 radical (unpaired) electrons. The molecule has 0 N–H and O–H groups in total. The second-order valence-electron chi connectivity index (χ2n) is 8.20. The number of aryl methyl sites for hydroxylation is 1. The van der Waals surface area contributed by atoms with Crippen molar-refractivity contribution in [3.8, 4) is 0 Å². The topological polar surface area (TPSA) is 57.2 Å². The third kappa shape index (κ3) is 6.57. The minimum absolute atomic E-state index is 0.00190. The van der Waals surface area contributed by atoms with Gasteiger partial charge in [0, 0.05) is 12.0 Å². The molecule has 1 atom stereocenters. The Labute approximate surface area is 173 Å². The van der Waals surface area contributed by atoms with Crippen LogP contribution < -0.4 is 0 Å². The molecule has 0 saturated heterocycles. The number of nitrogens with zero attached hydrogens (tertiary/aromatic N) is 1. The predicted octanol–water partition coefficient (Wildman–Crippen LogP) is 5.96. The lowest BCUT2D eigenvalue weighted by atomic mass is 9.92. The van der Waals surface area contributed by atoms with Gasteiger partial charge < -0.3 is 9.04 Å². The van der Waals surface area contributed by atoms with E-state index >= 15 is 0 Å². The molecule has 162 valence electrons. The Morgan fingerprint density at radius 3 is 1.79 bits per heavy atom. The van der Waals surface area contributed by atoms with Crippen molar-refractivity contribution in [1.29, 1.82) is 0 Å². The second-order valence-corrected chi connectivity index (χ2v) is 9.54.